The van der Waals surface area contributed by atoms with Crippen LogP contribution in [0, 0.1) is 0 Å². The lowest BCUT2D eigenvalue weighted by Crippen LogP contribution is -2.22. The van der Waals surface area contributed by atoms with Gasteiger partial charge in [0.05, 0.1) is 16.6 Å². The van der Waals surface area contributed by atoms with Crippen LogP contribution in [0.2, 0.25) is 5.02 Å². The largest absolute Gasteiger partial charge is 0.478 e. The molecule has 178 valence electrons. The highest BCUT2D eigenvalue weighted by atomic mass is 35.5. The molecule has 0 atom stereocenters. The van der Waals surface area contributed by atoms with E-state index in [1.165, 1.54) is 6.42 Å². The molecule has 0 bridgehead atoms. The standard InChI is InChI=1S/C28H26ClN3O3/c29-22-9-4-6-18(14-22)17-30-27(33)20-8-5-7-19(15-20)26-31-24-16-21(28(34)35)12-13-25(24)32(26)23-10-2-1-3-11-23/h4-9,12-16,23H,1-3,10-11,17H2,(H,30,33)(H,34,35). The minimum atomic E-state index is -0.973. The maximum atomic E-state index is 12.9. The number of imidazole rings is 1. The van der Waals surface area contributed by atoms with E-state index >= 15 is 0 Å². The van der Waals surface area contributed by atoms with Gasteiger partial charge in [-0.3, -0.25) is 4.79 Å². The Morgan fingerprint density at radius 2 is 1.77 bits per heavy atom. The van der Waals surface area contributed by atoms with E-state index in [0.717, 1.165) is 48.2 Å². The van der Waals surface area contributed by atoms with Crippen molar-refractivity contribution in [3.8, 4) is 11.4 Å². The molecule has 0 unspecified atom stereocenters. The fourth-order valence-electron chi connectivity index (χ4n) is 4.88. The number of aromatic carboxylic acids is 1. The molecule has 1 fully saturated rings. The lowest BCUT2D eigenvalue weighted by molar-refractivity contribution is 0.0696. The van der Waals surface area contributed by atoms with Gasteiger partial charge in [-0.25, -0.2) is 9.78 Å². The van der Waals surface area contributed by atoms with E-state index in [1.807, 2.05) is 42.5 Å². The van der Waals surface area contributed by atoms with Crippen LogP contribution in [0.5, 0.6) is 0 Å². The molecule has 0 aliphatic heterocycles. The smallest absolute Gasteiger partial charge is 0.335 e. The van der Waals surface area contributed by atoms with Crippen LogP contribution in [0.4, 0.5) is 0 Å². The summed E-state index contributed by atoms with van der Waals surface area (Å²) in [6, 6.07) is 20.3. The van der Waals surface area contributed by atoms with Crippen molar-refractivity contribution >= 4 is 34.5 Å². The normalized spacial score (nSPS) is 14.2. The van der Waals surface area contributed by atoms with Crippen molar-refractivity contribution in [3.05, 3.63) is 88.4 Å². The molecule has 1 aliphatic rings. The van der Waals surface area contributed by atoms with Crippen LogP contribution in [0.3, 0.4) is 0 Å². The van der Waals surface area contributed by atoms with Crippen molar-refractivity contribution < 1.29 is 14.7 Å². The molecule has 2 N–H and O–H groups in total. The van der Waals surface area contributed by atoms with Crippen molar-refractivity contribution in [2.24, 2.45) is 0 Å². The van der Waals surface area contributed by atoms with E-state index in [-0.39, 0.29) is 11.5 Å². The highest BCUT2D eigenvalue weighted by molar-refractivity contribution is 6.30. The van der Waals surface area contributed by atoms with Gasteiger partial charge in [-0.15, -0.1) is 0 Å². The van der Waals surface area contributed by atoms with Gasteiger partial charge in [0.2, 0.25) is 0 Å². The molecule has 4 aromatic rings. The number of aromatic nitrogens is 2. The van der Waals surface area contributed by atoms with Crippen molar-refractivity contribution in [2.45, 2.75) is 44.7 Å². The number of amides is 1. The van der Waals surface area contributed by atoms with Gasteiger partial charge in [0.1, 0.15) is 5.82 Å². The van der Waals surface area contributed by atoms with Crippen LogP contribution < -0.4 is 5.32 Å². The number of nitrogens with zero attached hydrogens (tertiary/aromatic N) is 2. The Morgan fingerprint density at radius 1 is 0.971 bits per heavy atom. The number of carbonyl (C=O) groups excluding carboxylic acids is 1. The Labute approximate surface area is 208 Å². The summed E-state index contributed by atoms with van der Waals surface area (Å²) < 4.78 is 2.24. The van der Waals surface area contributed by atoms with Crippen LogP contribution in [0.15, 0.2) is 66.7 Å². The number of hydrogen-bond acceptors (Lipinski definition) is 3. The number of halogens is 1. The van der Waals surface area contributed by atoms with Gasteiger partial charge >= 0.3 is 5.97 Å². The van der Waals surface area contributed by atoms with Gasteiger partial charge in [-0.2, -0.15) is 0 Å². The Bertz CT molecular complexity index is 1410. The summed E-state index contributed by atoms with van der Waals surface area (Å²) >= 11 is 6.05. The summed E-state index contributed by atoms with van der Waals surface area (Å²) in [6.45, 7) is 0.377. The third kappa shape index (κ3) is 4.93. The Balaban J connectivity index is 1.50. The third-order valence-electron chi connectivity index (χ3n) is 6.60. The molecular weight excluding hydrogens is 462 g/mol. The molecular formula is C28H26ClN3O3. The average molecular weight is 488 g/mol. The molecule has 0 spiro atoms. The zero-order valence-electron chi connectivity index (χ0n) is 19.2. The molecule has 5 rings (SSSR count). The van der Waals surface area contributed by atoms with Crippen molar-refractivity contribution in [1.29, 1.82) is 0 Å². The SMILES string of the molecule is O=C(O)c1ccc2c(c1)nc(-c1cccc(C(=O)NCc3cccc(Cl)c3)c1)n2C1CCCCC1. The van der Waals surface area contributed by atoms with Gasteiger partial charge in [-0.05, 0) is 60.9 Å². The van der Waals surface area contributed by atoms with Crippen LogP contribution in [0.1, 0.15) is 64.4 Å². The van der Waals surface area contributed by atoms with E-state index in [4.69, 9.17) is 16.6 Å². The van der Waals surface area contributed by atoms with Gasteiger partial charge < -0.3 is 15.0 Å². The van der Waals surface area contributed by atoms with Crippen LogP contribution >= 0.6 is 11.6 Å². The van der Waals surface area contributed by atoms with Gasteiger partial charge in [0, 0.05) is 28.7 Å². The highest BCUT2D eigenvalue weighted by Crippen LogP contribution is 2.36. The Morgan fingerprint density at radius 3 is 2.54 bits per heavy atom. The van der Waals surface area contributed by atoms with Crippen molar-refractivity contribution in [2.75, 3.05) is 0 Å². The average Bonchev–Trinajstić information content (AvgIpc) is 3.27. The molecule has 3 aromatic carbocycles. The Hall–Kier alpha value is -3.64. The first-order valence-corrected chi connectivity index (χ1v) is 12.3. The topological polar surface area (TPSA) is 84.2 Å². The number of carboxylic acids is 1. The summed E-state index contributed by atoms with van der Waals surface area (Å²) in [5.41, 5.74) is 4.09. The predicted molar refractivity (Wildman–Crippen MR) is 137 cm³/mol. The fraction of sp³-hybridized carbons (Fsp3) is 0.250. The molecule has 1 aromatic heterocycles. The number of hydrogen-bond donors (Lipinski definition) is 2. The van der Waals surface area contributed by atoms with E-state index in [2.05, 4.69) is 9.88 Å². The molecule has 0 radical (unpaired) electrons. The van der Waals surface area contributed by atoms with E-state index in [0.29, 0.717) is 28.7 Å². The molecule has 1 amide bonds. The van der Waals surface area contributed by atoms with E-state index < -0.39 is 5.97 Å². The second kappa shape index (κ2) is 9.92. The zero-order chi connectivity index (χ0) is 24.4. The molecule has 35 heavy (non-hydrogen) atoms. The first-order chi connectivity index (χ1) is 17.0. The number of benzene rings is 3. The summed E-state index contributed by atoms with van der Waals surface area (Å²) in [6.07, 6.45) is 5.65. The second-order valence-electron chi connectivity index (χ2n) is 9.00. The number of rotatable bonds is 6. The molecule has 1 saturated carbocycles. The first kappa shape index (κ1) is 23.1. The van der Waals surface area contributed by atoms with Gasteiger partial charge in [-0.1, -0.05) is 55.1 Å². The van der Waals surface area contributed by atoms with Gasteiger partial charge in [0.15, 0.2) is 0 Å². The molecule has 1 aliphatic carbocycles. The maximum Gasteiger partial charge on any atom is 0.335 e. The zero-order valence-corrected chi connectivity index (χ0v) is 20.0. The van der Waals surface area contributed by atoms with Crippen LogP contribution in [0.25, 0.3) is 22.4 Å². The summed E-state index contributed by atoms with van der Waals surface area (Å²) in [5.74, 6) is -0.390. The fourth-order valence-corrected chi connectivity index (χ4v) is 5.09. The highest BCUT2D eigenvalue weighted by Gasteiger charge is 2.23. The lowest BCUT2D eigenvalue weighted by atomic mass is 9.94. The second-order valence-corrected chi connectivity index (χ2v) is 9.44. The monoisotopic (exact) mass is 487 g/mol. The van der Waals surface area contributed by atoms with Crippen LogP contribution in [-0.4, -0.2) is 26.5 Å². The third-order valence-corrected chi connectivity index (χ3v) is 6.84. The van der Waals surface area contributed by atoms with E-state index in [9.17, 15) is 14.7 Å². The number of carbonyl (C=O) groups is 2. The number of nitrogens with one attached hydrogen (secondary N) is 1. The van der Waals surface area contributed by atoms with Gasteiger partial charge in [0.25, 0.3) is 5.91 Å². The minimum absolute atomic E-state index is 0.180. The minimum Gasteiger partial charge on any atom is -0.478 e. The number of carboxylic acid groups (broad SMARTS) is 1. The molecule has 0 saturated heterocycles. The number of fused-ring (bicyclic) bond motifs is 1. The molecule has 7 heteroatoms. The quantitative estimate of drug-likeness (QED) is 0.325. The Kier molecular flexibility index (Phi) is 6.55. The first-order valence-electron chi connectivity index (χ1n) is 11.9. The molecule has 6 nitrogen and oxygen atoms in total. The van der Waals surface area contributed by atoms with Crippen molar-refractivity contribution in [1.82, 2.24) is 14.9 Å². The predicted octanol–water partition coefficient (Wildman–Crippen LogP) is 6.49. The van der Waals surface area contributed by atoms with Crippen molar-refractivity contribution in [3.63, 3.8) is 0 Å². The summed E-state index contributed by atoms with van der Waals surface area (Å²) in [5, 5.41) is 13.0. The van der Waals surface area contributed by atoms with Crippen LogP contribution in [-0.2, 0) is 6.54 Å². The summed E-state index contributed by atoms with van der Waals surface area (Å²) in [7, 11) is 0. The molecule has 1 heterocycles. The lowest BCUT2D eigenvalue weighted by Gasteiger charge is -2.25. The maximum absolute atomic E-state index is 12.9. The summed E-state index contributed by atoms with van der Waals surface area (Å²) in [4.78, 5) is 29.3. The van der Waals surface area contributed by atoms with E-state index in [1.54, 1.807) is 24.3 Å².